The van der Waals surface area contributed by atoms with E-state index in [1.165, 1.54) is 8.61 Å². The highest BCUT2D eigenvalue weighted by Gasteiger charge is 2.37. The van der Waals surface area contributed by atoms with Crippen LogP contribution >= 0.6 is 0 Å². The molecule has 0 amide bonds. The summed E-state index contributed by atoms with van der Waals surface area (Å²) in [5.74, 6) is -1.47. The normalized spacial score (nSPS) is 26.9. The van der Waals surface area contributed by atoms with E-state index in [0.717, 1.165) is 25.7 Å². The Morgan fingerprint density at radius 3 is 2.42 bits per heavy atom. The van der Waals surface area contributed by atoms with Crippen molar-refractivity contribution in [1.29, 1.82) is 0 Å². The number of nitrogens with zero attached hydrogens (tertiary/aromatic N) is 2. The van der Waals surface area contributed by atoms with Crippen LogP contribution in [0.15, 0.2) is 0 Å². The van der Waals surface area contributed by atoms with Gasteiger partial charge in [-0.15, -0.1) is 0 Å². The first-order valence-electron chi connectivity index (χ1n) is 6.89. The van der Waals surface area contributed by atoms with E-state index in [1.807, 2.05) is 0 Å². The number of rotatable bonds is 4. The van der Waals surface area contributed by atoms with Crippen LogP contribution in [0.25, 0.3) is 0 Å². The zero-order valence-electron chi connectivity index (χ0n) is 11.3. The lowest BCUT2D eigenvalue weighted by Gasteiger charge is -2.34. The highest BCUT2D eigenvalue weighted by atomic mass is 32.2. The van der Waals surface area contributed by atoms with Crippen LogP contribution in [0.3, 0.4) is 0 Å². The van der Waals surface area contributed by atoms with Gasteiger partial charge < -0.3 is 5.11 Å². The van der Waals surface area contributed by atoms with Crippen LogP contribution in [0.2, 0.25) is 0 Å². The van der Waals surface area contributed by atoms with E-state index >= 15 is 0 Å². The van der Waals surface area contributed by atoms with Crippen LogP contribution in [0.4, 0.5) is 0 Å². The summed E-state index contributed by atoms with van der Waals surface area (Å²) in [6.45, 7) is 0.540. The fourth-order valence-corrected chi connectivity index (χ4v) is 4.67. The summed E-state index contributed by atoms with van der Waals surface area (Å²) in [7, 11) is -1.89. The van der Waals surface area contributed by atoms with Gasteiger partial charge in [-0.3, -0.25) is 4.79 Å². The van der Waals surface area contributed by atoms with Crippen molar-refractivity contribution in [3.05, 3.63) is 0 Å². The molecule has 1 unspecified atom stereocenters. The zero-order chi connectivity index (χ0) is 14.0. The highest BCUT2D eigenvalue weighted by Crippen LogP contribution is 2.27. The van der Waals surface area contributed by atoms with Crippen LogP contribution in [0, 0.1) is 5.92 Å². The minimum atomic E-state index is -3.51. The second kappa shape index (κ2) is 5.76. The fraction of sp³-hybridized carbons (Fsp3) is 0.917. The molecule has 1 aliphatic carbocycles. The maximum Gasteiger partial charge on any atom is 0.307 e. The molecule has 19 heavy (non-hydrogen) atoms. The van der Waals surface area contributed by atoms with Crippen LogP contribution in [-0.2, 0) is 15.0 Å². The number of carboxylic acids is 1. The lowest BCUT2D eigenvalue weighted by molar-refractivity contribution is -0.142. The summed E-state index contributed by atoms with van der Waals surface area (Å²) in [5, 5.41) is 9.04. The van der Waals surface area contributed by atoms with Crippen molar-refractivity contribution < 1.29 is 18.3 Å². The van der Waals surface area contributed by atoms with Gasteiger partial charge in [-0.1, -0.05) is 12.8 Å². The molecule has 2 fully saturated rings. The fourth-order valence-electron chi connectivity index (χ4n) is 2.99. The van der Waals surface area contributed by atoms with Crippen LogP contribution in [0.1, 0.15) is 38.5 Å². The van der Waals surface area contributed by atoms with Gasteiger partial charge in [0.05, 0.1) is 5.92 Å². The van der Waals surface area contributed by atoms with E-state index in [4.69, 9.17) is 5.11 Å². The largest absolute Gasteiger partial charge is 0.481 e. The maximum atomic E-state index is 12.5. The molecular weight excluding hydrogens is 268 g/mol. The van der Waals surface area contributed by atoms with E-state index in [2.05, 4.69) is 0 Å². The molecule has 0 aromatic carbocycles. The van der Waals surface area contributed by atoms with Gasteiger partial charge in [0, 0.05) is 26.2 Å². The molecule has 1 heterocycles. The summed E-state index contributed by atoms with van der Waals surface area (Å²) in [6, 6.07) is 0.0789. The first-order chi connectivity index (χ1) is 8.93. The van der Waals surface area contributed by atoms with Crippen LogP contribution in [-0.4, -0.2) is 54.3 Å². The zero-order valence-corrected chi connectivity index (χ0v) is 12.1. The molecule has 0 aromatic rings. The van der Waals surface area contributed by atoms with E-state index < -0.39 is 22.1 Å². The van der Waals surface area contributed by atoms with E-state index in [9.17, 15) is 13.2 Å². The smallest absolute Gasteiger partial charge is 0.307 e. The molecule has 7 heteroatoms. The Bertz CT molecular complexity index is 431. The van der Waals surface area contributed by atoms with Crippen molar-refractivity contribution in [2.24, 2.45) is 5.92 Å². The van der Waals surface area contributed by atoms with E-state index in [0.29, 0.717) is 19.4 Å². The Morgan fingerprint density at radius 2 is 1.84 bits per heavy atom. The average molecular weight is 290 g/mol. The quantitative estimate of drug-likeness (QED) is 0.834. The molecule has 2 aliphatic rings. The minimum absolute atomic E-state index is 0.0789. The Labute approximate surface area is 114 Å². The second-order valence-electron chi connectivity index (χ2n) is 5.50. The second-order valence-corrected chi connectivity index (χ2v) is 7.49. The van der Waals surface area contributed by atoms with E-state index in [1.54, 1.807) is 7.05 Å². The lowest BCUT2D eigenvalue weighted by atomic mass is 10.0. The molecule has 1 N–H and O–H groups in total. The van der Waals surface area contributed by atoms with Crippen molar-refractivity contribution in [2.75, 3.05) is 20.1 Å². The first kappa shape index (κ1) is 14.7. The van der Waals surface area contributed by atoms with Crippen molar-refractivity contribution in [3.8, 4) is 0 Å². The maximum absolute atomic E-state index is 12.5. The van der Waals surface area contributed by atoms with Crippen LogP contribution < -0.4 is 0 Å². The molecule has 1 aliphatic heterocycles. The molecule has 6 nitrogen and oxygen atoms in total. The summed E-state index contributed by atoms with van der Waals surface area (Å²) < 4.78 is 27.8. The van der Waals surface area contributed by atoms with Crippen molar-refractivity contribution in [1.82, 2.24) is 8.61 Å². The Kier molecular flexibility index (Phi) is 4.47. The Morgan fingerprint density at radius 1 is 1.21 bits per heavy atom. The number of piperidine rings is 1. The Hall–Kier alpha value is -0.660. The number of hydrogen-bond acceptors (Lipinski definition) is 3. The topological polar surface area (TPSA) is 77.9 Å². The van der Waals surface area contributed by atoms with Gasteiger partial charge >= 0.3 is 5.97 Å². The lowest BCUT2D eigenvalue weighted by Crippen LogP contribution is -2.50. The molecule has 1 saturated carbocycles. The van der Waals surface area contributed by atoms with Crippen molar-refractivity contribution >= 4 is 16.2 Å². The predicted octanol–water partition coefficient (Wildman–Crippen LogP) is 0.902. The third kappa shape index (κ3) is 3.09. The number of aliphatic carboxylic acids is 1. The average Bonchev–Trinajstić information content (AvgIpc) is 2.91. The summed E-state index contributed by atoms with van der Waals surface area (Å²) >= 11 is 0. The molecular formula is C12H22N2O4S. The molecule has 1 atom stereocenters. The molecule has 110 valence electrons. The summed E-state index contributed by atoms with van der Waals surface area (Å²) in [5.41, 5.74) is 0. The molecule has 1 saturated heterocycles. The van der Waals surface area contributed by atoms with Gasteiger partial charge in [0.25, 0.3) is 10.2 Å². The van der Waals surface area contributed by atoms with Gasteiger partial charge in [0.1, 0.15) is 0 Å². The SMILES string of the molecule is CN(C1CCCC1)S(=O)(=O)N1CCCC(C(=O)O)C1. The first-order valence-corrected chi connectivity index (χ1v) is 8.28. The summed E-state index contributed by atoms with van der Waals surface area (Å²) in [6.07, 6.45) is 5.14. The molecule has 2 rings (SSSR count). The monoisotopic (exact) mass is 290 g/mol. The predicted molar refractivity (Wildman–Crippen MR) is 70.9 cm³/mol. The molecule has 0 radical (unpaired) electrons. The van der Waals surface area contributed by atoms with Gasteiger partial charge in [0.15, 0.2) is 0 Å². The van der Waals surface area contributed by atoms with Gasteiger partial charge in [-0.2, -0.15) is 17.0 Å². The Balaban J connectivity index is 2.07. The highest BCUT2D eigenvalue weighted by molar-refractivity contribution is 7.86. The van der Waals surface area contributed by atoms with Gasteiger partial charge in [-0.05, 0) is 25.7 Å². The van der Waals surface area contributed by atoms with E-state index in [-0.39, 0.29) is 12.6 Å². The number of carbonyl (C=O) groups is 1. The third-order valence-corrected chi connectivity index (χ3v) is 6.27. The third-order valence-electron chi connectivity index (χ3n) is 4.26. The van der Waals surface area contributed by atoms with Gasteiger partial charge in [-0.25, -0.2) is 0 Å². The molecule has 0 aromatic heterocycles. The van der Waals surface area contributed by atoms with Gasteiger partial charge in [0.2, 0.25) is 0 Å². The van der Waals surface area contributed by atoms with Crippen molar-refractivity contribution in [2.45, 2.75) is 44.6 Å². The van der Waals surface area contributed by atoms with Crippen molar-refractivity contribution in [3.63, 3.8) is 0 Å². The van der Waals surface area contributed by atoms with Crippen LogP contribution in [0.5, 0.6) is 0 Å². The number of hydrogen-bond donors (Lipinski definition) is 1. The standard InChI is InChI=1S/C12H22N2O4S/c1-13(11-6-2-3-7-11)19(17,18)14-8-4-5-10(9-14)12(15)16/h10-11H,2-9H2,1H3,(H,15,16). The minimum Gasteiger partial charge on any atom is -0.481 e. The molecule has 0 bridgehead atoms. The summed E-state index contributed by atoms with van der Waals surface area (Å²) in [4.78, 5) is 11.0. The number of carboxylic acid groups (broad SMARTS) is 1. The molecule has 0 spiro atoms.